The van der Waals surface area contributed by atoms with Crippen LogP contribution in [-0.4, -0.2) is 32.4 Å². The monoisotopic (exact) mass is 260 g/mol. The van der Waals surface area contributed by atoms with Crippen LogP contribution >= 0.6 is 0 Å². The first-order valence-electron chi connectivity index (χ1n) is 5.77. The third-order valence-corrected chi connectivity index (χ3v) is 2.76. The summed E-state index contributed by atoms with van der Waals surface area (Å²) in [5, 5.41) is 0. The smallest absolute Gasteiger partial charge is 0.272 e. The lowest BCUT2D eigenvalue weighted by Crippen LogP contribution is -2.28. The summed E-state index contributed by atoms with van der Waals surface area (Å²) < 4.78 is 1.87. The number of nitrogens with one attached hydrogen (secondary N) is 1. The molecule has 3 N–H and O–H groups in total. The van der Waals surface area contributed by atoms with E-state index in [1.54, 1.807) is 36.3 Å². The molecular weight excluding hydrogens is 244 g/mol. The predicted octanol–water partition coefficient (Wildman–Crippen LogP) is 0.373. The molecule has 7 heteroatoms. The summed E-state index contributed by atoms with van der Waals surface area (Å²) in [4.78, 5) is 22.1. The second-order valence-corrected chi connectivity index (χ2v) is 4.17. The van der Waals surface area contributed by atoms with E-state index < -0.39 is 0 Å². The van der Waals surface area contributed by atoms with Crippen LogP contribution in [0.4, 0.5) is 5.82 Å². The van der Waals surface area contributed by atoms with E-state index in [4.69, 9.17) is 5.84 Å². The molecule has 2 rings (SSSR count). The number of anilines is 1. The van der Waals surface area contributed by atoms with Crippen molar-refractivity contribution in [1.29, 1.82) is 0 Å². The summed E-state index contributed by atoms with van der Waals surface area (Å²) in [6, 6.07) is 5.07. The number of nitrogens with two attached hydrogens (primary N) is 1. The Bertz CT molecular complexity index is 579. The van der Waals surface area contributed by atoms with E-state index in [-0.39, 0.29) is 5.91 Å². The highest BCUT2D eigenvalue weighted by atomic mass is 16.2. The van der Waals surface area contributed by atoms with Gasteiger partial charge >= 0.3 is 0 Å². The summed E-state index contributed by atoms with van der Waals surface area (Å²) >= 11 is 0. The molecule has 0 aromatic carbocycles. The van der Waals surface area contributed by atoms with Crippen molar-refractivity contribution in [2.45, 2.75) is 6.54 Å². The highest BCUT2D eigenvalue weighted by molar-refractivity contribution is 5.92. The number of imidazole rings is 1. The first-order valence-corrected chi connectivity index (χ1v) is 5.77. The normalized spacial score (nSPS) is 10.3. The van der Waals surface area contributed by atoms with Gasteiger partial charge in [-0.2, -0.15) is 0 Å². The van der Waals surface area contributed by atoms with Gasteiger partial charge in [-0.05, 0) is 12.1 Å². The molecule has 7 nitrogen and oxygen atoms in total. The molecule has 100 valence electrons. The lowest BCUT2D eigenvalue weighted by atomic mass is 10.3. The number of aryl methyl sites for hydroxylation is 1. The maximum atomic E-state index is 12.2. The average molecular weight is 260 g/mol. The molecule has 2 aromatic rings. The van der Waals surface area contributed by atoms with Crippen LogP contribution in [0.2, 0.25) is 0 Å². The molecule has 19 heavy (non-hydrogen) atoms. The van der Waals surface area contributed by atoms with Gasteiger partial charge in [-0.15, -0.1) is 0 Å². The van der Waals surface area contributed by atoms with Gasteiger partial charge in [0.15, 0.2) is 0 Å². The number of pyridine rings is 1. The van der Waals surface area contributed by atoms with Crippen molar-refractivity contribution in [3.8, 4) is 0 Å². The summed E-state index contributed by atoms with van der Waals surface area (Å²) in [5.41, 5.74) is 2.76. The Morgan fingerprint density at radius 2 is 2.32 bits per heavy atom. The lowest BCUT2D eigenvalue weighted by Gasteiger charge is -2.16. The molecule has 0 atom stereocenters. The number of nitrogen functional groups attached to an aromatic ring is 1. The zero-order valence-corrected chi connectivity index (χ0v) is 10.9. The van der Waals surface area contributed by atoms with Crippen molar-refractivity contribution in [1.82, 2.24) is 19.4 Å². The van der Waals surface area contributed by atoms with Crippen molar-refractivity contribution < 1.29 is 4.79 Å². The van der Waals surface area contributed by atoms with E-state index >= 15 is 0 Å². The van der Waals surface area contributed by atoms with Crippen LogP contribution < -0.4 is 11.3 Å². The Morgan fingerprint density at radius 1 is 1.53 bits per heavy atom. The molecule has 0 saturated carbocycles. The Labute approximate surface area is 111 Å². The third kappa shape index (κ3) is 2.89. The molecule has 0 radical (unpaired) electrons. The Hall–Kier alpha value is -2.41. The number of hydrogen-bond donors (Lipinski definition) is 2. The van der Waals surface area contributed by atoms with Crippen LogP contribution in [0.5, 0.6) is 0 Å². The van der Waals surface area contributed by atoms with Gasteiger partial charge in [0.2, 0.25) is 0 Å². The SMILES string of the molecule is CN(Cc1nccn1C)C(=O)c1cccc(NN)n1. The van der Waals surface area contributed by atoms with Crippen LogP contribution in [0.1, 0.15) is 16.3 Å². The van der Waals surface area contributed by atoms with E-state index in [1.165, 1.54) is 0 Å². The van der Waals surface area contributed by atoms with Gasteiger partial charge in [0.25, 0.3) is 5.91 Å². The van der Waals surface area contributed by atoms with Crippen LogP contribution in [-0.2, 0) is 13.6 Å². The summed E-state index contributed by atoms with van der Waals surface area (Å²) in [5.74, 6) is 6.36. The van der Waals surface area contributed by atoms with Crippen LogP contribution in [0.3, 0.4) is 0 Å². The number of rotatable bonds is 4. The second kappa shape index (κ2) is 5.49. The molecule has 0 bridgehead atoms. The highest BCUT2D eigenvalue weighted by Crippen LogP contribution is 2.08. The van der Waals surface area contributed by atoms with Gasteiger partial charge < -0.3 is 14.9 Å². The topological polar surface area (TPSA) is 89.1 Å². The molecule has 0 fully saturated rings. The number of hydrogen-bond acceptors (Lipinski definition) is 5. The maximum absolute atomic E-state index is 12.2. The molecule has 1 amide bonds. The van der Waals surface area contributed by atoms with Crippen molar-refractivity contribution >= 4 is 11.7 Å². The molecule has 0 aliphatic rings. The molecule has 2 aromatic heterocycles. The minimum Gasteiger partial charge on any atom is -0.337 e. The summed E-state index contributed by atoms with van der Waals surface area (Å²) in [7, 11) is 3.60. The summed E-state index contributed by atoms with van der Waals surface area (Å²) in [6.45, 7) is 0.421. The zero-order valence-electron chi connectivity index (χ0n) is 10.9. The fourth-order valence-corrected chi connectivity index (χ4v) is 1.66. The number of amides is 1. The van der Waals surface area contributed by atoms with E-state index in [0.717, 1.165) is 5.82 Å². The highest BCUT2D eigenvalue weighted by Gasteiger charge is 2.15. The molecule has 0 spiro atoms. The lowest BCUT2D eigenvalue weighted by molar-refractivity contribution is 0.0775. The molecule has 0 unspecified atom stereocenters. The van der Waals surface area contributed by atoms with Crippen molar-refractivity contribution in [3.63, 3.8) is 0 Å². The van der Waals surface area contributed by atoms with Gasteiger partial charge in [0, 0.05) is 26.5 Å². The average Bonchev–Trinajstić information content (AvgIpc) is 2.83. The van der Waals surface area contributed by atoms with Gasteiger partial charge in [-0.25, -0.2) is 15.8 Å². The van der Waals surface area contributed by atoms with E-state index in [2.05, 4.69) is 15.4 Å². The van der Waals surface area contributed by atoms with Gasteiger partial charge in [-0.3, -0.25) is 4.79 Å². The number of aromatic nitrogens is 3. The molecule has 0 aliphatic heterocycles. The predicted molar refractivity (Wildman–Crippen MR) is 71.1 cm³/mol. The zero-order chi connectivity index (χ0) is 13.8. The maximum Gasteiger partial charge on any atom is 0.272 e. The van der Waals surface area contributed by atoms with Crippen LogP contribution in [0, 0.1) is 0 Å². The standard InChI is InChI=1S/C12H16N6O/c1-17-7-6-14-11(17)8-18(2)12(19)9-4-3-5-10(15-9)16-13/h3-7H,8,13H2,1-2H3,(H,15,16). The van der Waals surface area contributed by atoms with E-state index in [0.29, 0.717) is 18.1 Å². The fraction of sp³-hybridized carbons (Fsp3) is 0.250. The largest absolute Gasteiger partial charge is 0.337 e. The molecule has 0 aliphatic carbocycles. The molecule has 2 heterocycles. The van der Waals surface area contributed by atoms with Gasteiger partial charge in [0.1, 0.15) is 17.3 Å². The van der Waals surface area contributed by atoms with Crippen molar-refractivity contribution in [3.05, 3.63) is 42.1 Å². The van der Waals surface area contributed by atoms with Gasteiger partial charge in [0.05, 0.1) is 6.54 Å². The minimum atomic E-state index is -0.180. The Kier molecular flexibility index (Phi) is 3.76. The fourth-order valence-electron chi connectivity index (χ4n) is 1.66. The van der Waals surface area contributed by atoms with Crippen LogP contribution in [0.15, 0.2) is 30.6 Å². The summed E-state index contributed by atoms with van der Waals surface area (Å²) in [6.07, 6.45) is 3.54. The van der Waals surface area contributed by atoms with Crippen LogP contribution in [0.25, 0.3) is 0 Å². The minimum absolute atomic E-state index is 0.180. The molecule has 0 saturated heterocycles. The quantitative estimate of drug-likeness (QED) is 0.612. The number of hydrazine groups is 1. The van der Waals surface area contributed by atoms with E-state index in [9.17, 15) is 4.79 Å². The number of carbonyl (C=O) groups is 1. The van der Waals surface area contributed by atoms with Crippen molar-refractivity contribution in [2.24, 2.45) is 12.9 Å². The first-order chi connectivity index (χ1) is 9.11. The number of carbonyl (C=O) groups excluding carboxylic acids is 1. The second-order valence-electron chi connectivity index (χ2n) is 4.17. The van der Waals surface area contributed by atoms with Crippen molar-refractivity contribution in [2.75, 3.05) is 12.5 Å². The molecular formula is C12H16N6O. The third-order valence-electron chi connectivity index (χ3n) is 2.76. The Balaban J connectivity index is 2.12. The first kappa shape index (κ1) is 13.0. The number of nitrogens with zero attached hydrogens (tertiary/aromatic N) is 4. The van der Waals surface area contributed by atoms with E-state index in [1.807, 2.05) is 17.8 Å². The Morgan fingerprint density at radius 3 is 2.95 bits per heavy atom. The van der Waals surface area contributed by atoms with Gasteiger partial charge in [-0.1, -0.05) is 6.07 Å².